The van der Waals surface area contributed by atoms with E-state index in [1.807, 2.05) is 36.1 Å². The second kappa shape index (κ2) is 9.65. The molecule has 1 aliphatic heterocycles. The molecule has 0 atom stereocenters. The fourth-order valence-electron chi connectivity index (χ4n) is 4.02. The van der Waals surface area contributed by atoms with Gasteiger partial charge >= 0.3 is 0 Å². The van der Waals surface area contributed by atoms with Gasteiger partial charge in [0.25, 0.3) is 5.69 Å². The molecule has 3 rings (SSSR count). The Bertz CT molecular complexity index is 843. The summed E-state index contributed by atoms with van der Waals surface area (Å²) in [5.41, 5.74) is 3.14. The number of para-hydroxylation sites is 1. The molecule has 0 aliphatic carbocycles. The lowest BCUT2D eigenvalue weighted by Crippen LogP contribution is -2.47. The summed E-state index contributed by atoms with van der Waals surface area (Å²) in [6, 6.07) is 15.4. The van der Waals surface area contributed by atoms with Crippen LogP contribution >= 0.6 is 0 Å². The van der Waals surface area contributed by atoms with E-state index in [2.05, 4.69) is 24.0 Å². The first-order valence-corrected chi connectivity index (χ1v) is 10.4. The smallest absolute Gasteiger partial charge is 0.273 e. The van der Waals surface area contributed by atoms with E-state index in [1.54, 1.807) is 12.1 Å². The molecule has 0 aromatic heterocycles. The average Bonchev–Trinajstić information content (AvgIpc) is 2.75. The van der Waals surface area contributed by atoms with Crippen LogP contribution in [0.5, 0.6) is 0 Å². The normalized spacial score (nSPS) is 15.2. The molecule has 1 saturated heterocycles. The van der Waals surface area contributed by atoms with Crippen molar-refractivity contribution in [1.29, 1.82) is 0 Å². The number of benzene rings is 2. The van der Waals surface area contributed by atoms with Gasteiger partial charge in [-0.3, -0.25) is 19.8 Å². The molecule has 0 radical (unpaired) electrons. The van der Waals surface area contributed by atoms with E-state index in [4.69, 9.17) is 0 Å². The third-order valence-electron chi connectivity index (χ3n) is 5.70. The minimum absolute atomic E-state index is 0.145. The van der Waals surface area contributed by atoms with E-state index in [9.17, 15) is 14.9 Å². The molecular weight excluding hydrogens is 366 g/mol. The summed E-state index contributed by atoms with van der Waals surface area (Å²) < 4.78 is 0. The quantitative estimate of drug-likeness (QED) is 0.509. The molecule has 154 valence electrons. The highest BCUT2D eigenvalue weighted by atomic mass is 16.6. The number of amides is 1. The maximum absolute atomic E-state index is 12.7. The maximum Gasteiger partial charge on any atom is 0.273 e. The van der Waals surface area contributed by atoms with Gasteiger partial charge in [0, 0.05) is 49.4 Å². The number of hydrogen-bond donors (Lipinski definition) is 0. The molecule has 1 aliphatic rings. The molecule has 2 aromatic carbocycles. The summed E-state index contributed by atoms with van der Waals surface area (Å²) in [5, 5.41) is 11.3. The van der Waals surface area contributed by atoms with Crippen molar-refractivity contribution >= 4 is 17.3 Å². The molecule has 0 unspecified atom stereocenters. The number of nitro benzene ring substituents is 1. The Hall–Kier alpha value is -2.73. The molecule has 1 fully saturated rings. The van der Waals surface area contributed by atoms with Gasteiger partial charge in [0.2, 0.25) is 5.91 Å². The Morgan fingerprint density at radius 2 is 1.76 bits per heavy atom. The molecular formula is C23H29N3O3. The van der Waals surface area contributed by atoms with Gasteiger partial charge in [0.05, 0.1) is 4.92 Å². The number of rotatable bonds is 7. The molecule has 1 amide bonds. The summed E-state index contributed by atoms with van der Waals surface area (Å²) in [5.74, 6) is 0.145. The molecule has 0 saturated carbocycles. The minimum atomic E-state index is -0.316. The van der Waals surface area contributed by atoms with Crippen LogP contribution in [0.15, 0.2) is 48.5 Å². The number of piperidine rings is 1. The van der Waals surface area contributed by atoms with E-state index in [-0.39, 0.29) is 22.6 Å². The zero-order valence-electron chi connectivity index (χ0n) is 17.2. The number of nitrogens with zero attached hydrogens (tertiary/aromatic N) is 3. The number of nitro groups is 1. The third-order valence-corrected chi connectivity index (χ3v) is 5.70. The molecule has 1 heterocycles. The lowest BCUT2D eigenvalue weighted by Gasteiger charge is -2.38. The van der Waals surface area contributed by atoms with E-state index >= 15 is 0 Å². The first kappa shape index (κ1) is 21.0. The summed E-state index contributed by atoms with van der Waals surface area (Å²) in [7, 11) is 0. The van der Waals surface area contributed by atoms with Crippen LogP contribution in [0, 0.1) is 10.1 Å². The van der Waals surface area contributed by atoms with Crippen molar-refractivity contribution in [3.63, 3.8) is 0 Å². The van der Waals surface area contributed by atoms with Gasteiger partial charge in [-0.25, -0.2) is 0 Å². The summed E-state index contributed by atoms with van der Waals surface area (Å²) in [6.07, 6.45) is 3.18. The topological polar surface area (TPSA) is 66.7 Å². The van der Waals surface area contributed by atoms with Gasteiger partial charge in [-0.15, -0.1) is 0 Å². The van der Waals surface area contributed by atoms with Crippen LogP contribution < -0.4 is 4.90 Å². The molecule has 0 bridgehead atoms. The Morgan fingerprint density at radius 3 is 2.34 bits per heavy atom. The number of carbonyl (C=O) groups excluding carboxylic acids is 1. The Labute approximate surface area is 172 Å². The molecule has 29 heavy (non-hydrogen) atoms. The highest BCUT2D eigenvalue weighted by Gasteiger charge is 2.29. The first-order valence-electron chi connectivity index (χ1n) is 10.4. The number of anilines is 1. The lowest BCUT2D eigenvalue weighted by molar-refractivity contribution is -0.385. The van der Waals surface area contributed by atoms with Crippen LogP contribution in [-0.2, 0) is 17.8 Å². The van der Waals surface area contributed by atoms with Crippen molar-refractivity contribution in [3.05, 3.63) is 69.8 Å². The van der Waals surface area contributed by atoms with Gasteiger partial charge in [-0.2, -0.15) is 0 Å². The van der Waals surface area contributed by atoms with Gasteiger partial charge in [0.1, 0.15) is 0 Å². The second-order valence-corrected chi connectivity index (χ2v) is 7.53. The zero-order valence-corrected chi connectivity index (χ0v) is 17.2. The monoisotopic (exact) mass is 395 g/mol. The Morgan fingerprint density at radius 1 is 1.10 bits per heavy atom. The van der Waals surface area contributed by atoms with E-state index < -0.39 is 0 Å². The van der Waals surface area contributed by atoms with Crippen molar-refractivity contribution in [2.45, 2.75) is 52.1 Å². The second-order valence-electron chi connectivity index (χ2n) is 7.53. The SMILES string of the molecule is CCC(=O)N(c1ccc(CC)cc1)C1CCN(Cc2ccccc2[N+](=O)[O-])CC1. The van der Waals surface area contributed by atoms with Crippen LogP contribution in [0.25, 0.3) is 0 Å². The summed E-state index contributed by atoms with van der Waals surface area (Å²) >= 11 is 0. The van der Waals surface area contributed by atoms with Crippen molar-refractivity contribution in [1.82, 2.24) is 4.90 Å². The Balaban J connectivity index is 1.68. The Kier molecular flexibility index (Phi) is 6.99. The number of aryl methyl sites for hydroxylation is 1. The van der Waals surface area contributed by atoms with Crippen LogP contribution in [-0.4, -0.2) is 34.9 Å². The minimum Gasteiger partial charge on any atom is -0.309 e. The van der Waals surface area contributed by atoms with E-state index in [1.165, 1.54) is 5.56 Å². The predicted octanol–water partition coefficient (Wildman–Crippen LogP) is 4.56. The highest BCUT2D eigenvalue weighted by molar-refractivity contribution is 5.93. The van der Waals surface area contributed by atoms with E-state index in [0.717, 1.165) is 43.6 Å². The van der Waals surface area contributed by atoms with Gasteiger partial charge in [-0.1, -0.05) is 44.2 Å². The van der Waals surface area contributed by atoms with Gasteiger partial charge in [0.15, 0.2) is 0 Å². The van der Waals surface area contributed by atoms with Crippen molar-refractivity contribution in [2.24, 2.45) is 0 Å². The maximum atomic E-state index is 12.7. The first-order chi connectivity index (χ1) is 14.0. The van der Waals surface area contributed by atoms with Crippen LogP contribution in [0.1, 0.15) is 44.2 Å². The molecule has 2 aromatic rings. The lowest BCUT2D eigenvalue weighted by atomic mass is 10.0. The fourth-order valence-corrected chi connectivity index (χ4v) is 4.02. The fraction of sp³-hybridized carbons (Fsp3) is 0.435. The standard InChI is InChI=1S/C23H29N3O3/c1-3-18-9-11-20(12-10-18)25(23(27)4-2)21-13-15-24(16-14-21)17-19-7-5-6-8-22(19)26(28)29/h5-12,21H,3-4,13-17H2,1-2H3. The molecule has 6 heteroatoms. The zero-order chi connectivity index (χ0) is 20.8. The van der Waals surface area contributed by atoms with E-state index in [0.29, 0.717) is 13.0 Å². The van der Waals surface area contributed by atoms with Gasteiger partial charge in [-0.05, 0) is 37.0 Å². The van der Waals surface area contributed by atoms with Crippen molar-refractivity contribution in [3.8, 4) is 0 Å². The number of carbonyl (C=O) groups is 1. The molecule has 0 spiro atoms. The average molecular weight is 396 g/mol. The van der Waals surface area contributed by atoms with Crippen molar-refractivity contribution < 1.29 is 9.72 Å². The summed E-state index contributed by atoms with van der Waals surface area (Å²) in [4.78, 5) is 27.8. The predicted molar refractivity (Wildman–Crippen MR) is 115 cm³/mol. The van der Waals surface area contributed by atoms with Crippen LogP contribution in [0.3, 0.4) is 0 Å². The highest BCUT2D eigenvalue weighted by Crippen LogP contribution is 2.27. The molecule has 6 nitrogen and oxygen atoms in total. The van der Waals surface area contributed by atoms with Gasteiger partial charge < -0.3 is 4.90 Å². The largest absolute Gasteiger partial charge is 0.309 e. The summed E-state index contributed by atoms with van der Waals surface area (Å²) in [6.45, 7) is 6.22. The third kappa shape index (κ3) is 5.01. The van der Waals surface area contributed by atoms with Crippen LogP contribution in [0.2, 0.25) is 0 Å². The van der Waals surface area contributed by atoms with Crippen molar-refractivity contribution in [2.75, 3.05) is 18.0 Å². The number of likely N-dealkylation sites (tertiary alicyclic amines) is 1. The molecule has 0 N–H and O–H groups in total. The van der Waals surface area contributed by atoms with Crippen LogP contribution in [0.4, 0.5) is 11.4 Å². The number of hydrogen-bond acceptors (Lipinski definition) is 4.